The van der Waals surface area contributed by atoms with Crippen molar-refractivity contribution in [3.05, 3.63) is 64.4 Å². The summed E-state index contributed by atoms with van der Waals surface area (Å²) in [5, 5.41) is 2.25. The van der Waals surface area contributed by atoms with Crippen LogP contribution in [0.15, 0.2) is 48.5 Å². The molecule has 4 nitrogen and oxygen atoms in total. The van der Waals surface area contributed by atoms with Crippen molar-refractivity contribution in [2.75, 3.05) is 7.11 Å². The van der Waals surface area contributed by atoms with Gasteiger partial charge in [0.2, 0.25) is 0 Å². The van der Waals surface area contributed by atoms with Crippen LogP contribution in [-0.4, -0.2) is 18.1 Å². The number of hydrogen-bond donors (Lipinski definition) is 0. The van der Waals surface area contributed by atoms with E-state index < -0.39 is 5.97 Å². The molecule has 23 heavy (non-hydrogen) atoms. The summed E-state index contributed by atoms with van der Waals surface area (Å²) >= 11 is 11.7. The van der Waals surface area contributed by atoms with Crippen LogP contribution in [0, 0.1) is 0 Å². The van der Waals surface area contributed by atoms with E-state index >= 15 is 0 Å². The third-order valence-corrected chi connectivity index (χ3v) is 3.75. The lowest BCUT2D eigenvalue weighted by molar-refractivity contribution is 0.0729. The van der Waals surface area contributed by atoms with E-state index in [9.17, 15) is 4.79 Å². The minimum atomic E-state index is -0.667. The molecule has 0 amide bonds. The van der Waals surface area contributed by atoms with Gasteiger partial charge in [-0.05, 0) is 47.2 Å². The topological polar surface area (TPSA) is 48.4 Å². The molecule has 0 aliphatic rings. The molecule has 0 spiro atoms. The van der Waals surface area contributed by atoms with Crippen LogP contribution in [0.2, 0.25) is 10.2 Å². The van der Waals surface area contributed by atoms with Crippen molar-refractivity contribution in [2.24, 2.45) is 0 Å². The van der Waals surface area contributed by atoms with Crippen LogP contribution in [0.5, 0.6) is 11.5 Å². The number of benzene rings is 2. The monoisotopic (exact) mass is 347 g/mol. The number of carbonyl (C=O) groups is 1. The Bertz CT molecular complexity index is 896. The minimum absolute atomic E-state index is 0.0232. The lowest BCUT2D eigenvalue weighted by Crippen LogP contribution is -2.11. The van der Waals surface area contributed by atoms with E-state index in [4.69, 9.17) is 32.7 Å². The highest BCUT2D eigenvalue weighted by molar-refractivity contribution is 6.34. The molecule has 0 fully saturated rings. The molecule has 3 rings (SSSR count). The number of fused-ring (bicyclic) bond motifs is 1. The molecule has 0 aliphatic carbocycles. The zero-order valence-electron chi connectivity index (χ0n) is 12.0. The summed E-state index contributed by atoms with van der Waals surface area (Å²) < 4.78 is 10.5. The normalized spacial score (nSPS) is 10.6. The Balaban J connectivity index is 1.91. The summed E-state index contributed by atoms with van der Waals surface area (Å²) in [6.07, 6.45) is 0. The van der Waals surface area contributed by atoms with Gasteiger partial charge >= 0.3 is 5.97 Å². The van der Waals surface area contributed by atoms with Crippen LogP contribution >= 0.6 is 23.2 Å². The van der Waals surface area contributed by atoms with E-state index in [2.05, 4.69) is 4.98 Å². The van der Waals surface area contributed by atoms with Crippen molar-refractivity contribution in [2.45, 2.75) is 0 Å². The van der Waals surface area contributed by atoms with Crippen LogP contribution < -0.4 is 9.47 Å². The maximum Gasteiger partial charge on any atom is 0.363 e. The maximum absolute atomic E-state index is 12.2. The molecule has 0 saturated carbocycles. The SMILES string of the molecule is COc1ccc2ccc(OC(=O)c3nc(Cl)ccc3Cl)cc2c1. The zero-order chi connectivity index (χ0) is 16.4. The summed E-state index contributed by atoms with van der Waals surface area (Å²) in [7, 11) is 1.60. The lowest BCUT2D eigenvalue weighted by Gasteiger charge is -2.07. The van der Waals surface area contributed by atoms with Crippen LogP contribution in [0.1, 0.15) is 10.5 Å². The average molecular weight is 348 g/mol. The van der Waals surface area contributed by atoms with E-state index in [-0.39, 0.29) is 15.9 Å². The molecular weight excluding hydrogens is 337 g/mol. The predicted molar refractivity (Wildman–Crippen MR) is 89.7 cm³/mol. The van der Waals surface area contributed by atoms with Gasteiger partial charge in [0.15, 0.2) is 5.69 Å². The van der Waals surface area contributed by atoms with Crippen molar-refractivity contribution in [3.8, 4) is 11.5 Å². The first-order valence-electron chi connectivity index (χ1n) is 6.69. The van der Waals surface area contributed by atoms with Gasteiger partial charge in [0, 0.05) is 0 Å². The number of carbonyl (C=O) groups excluding carboxylic acids is 1. The molecule has 0 atom stereocenters. The molecule has 0 radical (unpaired) electrons. The van der Waals surface area contributed by atoms with Gasteiger partial charge < -0.3 is 9.47 Å². The first-order chi connectivity index (χ1) is 11.1. The summed E-state index contributed by atoms with van der Waals surface area (Å²) in [6.45, 7) is 0. The number of halogens is 2. The van der Waals surface area contributed by atoms with Crippen molar-refractivity contribution >= 4 is 39.9 Å². The number of aromatic nitrogens is 1. The Morgan fingerprint density at radius 2 is 1.65 bits per heavy atom. The van der Waals surface area contributed by atoms with E-state index in [1.807, 2.05) is 24.3 Å². The Morgan fingerprint density at radius 3 is 2.39 bits per heavy atom. The Kier molecular flexibility index (Phi) is 4.37. The molecular formula is C17H11Cl2NO3. The van der Waals surface area contributed by atoms with Gasteiger partial charge in [-0.25, -0.2) is 9.78 Å². The molecule has 116 valence electrons. The van der Waals surface area contributed by atoms with Crippen LogP contribution in [0.3, 0.4) is 0 Å². The van der Waals surface area contributed by atoms with Gasteiger partial charge in [0.05, 0.1) is 12.1 Å². The zero-order valence-corrected chi connectivity index (χ0v) is 13.6. The van der Waals surface area contributed by atoms with Gasteiger partial charge in [0.25, 0.3) is 0 Å². The molecule has 6 heteroatoms. The number of hydrogen-bond acceptors (Lipinski definition) is 4. The van der Waals surface area contributed by atoms with E-state index in [1.54, 1.807) is 19.2 Å². The van der Waals surface area contributed by atoms with Gasteiger partial charge in [-0.15, -0.1) is 0 Å². The molecule has 0 unspecified atom stereocenters. The van der Waals surface area contributed by atoms with Gasteiger partial charge in [-0.2, -0.15) is 0 Å². The van der Waals surface area contributed by atoms with Crippen LogP contribution in [0.4, 0.5) is 0 Å². The van der Waals surface area contributed by atoms with Crippen LogP contribution in [-0.2, 0) is 0 Å². The minimum Gasteiger partial charge on any atom is -0.497 e. The quantitative estimate of drug-likeness (QED) is 0.389. The number of methoxy groups -OCH3 is 1. The van der Waals surface area contributed by atoms with E-state index in [0.29, 0.717) is 5.75 Å². The molecule has 0 aliphatic heterocycles. The number of esters is 1. The highest BCUT2D eigenvalue weighted by atomic mass is 35.5. The summed E-state index contributed by atoms with van der Waals surface area (Å²) in [4.78, 5) is 16.1. The second-order valence-electron chi connectivity index (χ2n) is 4.73. The van der Waals surface area contributed by atoms with Crippen molar-refractivity contribution in [1.82, 2.24) is 4.98 Å². The molecule has 0 saturated heterocycles. The van der Waals surface area contributed by atoms with Gasteiger partial charge in [-0.1, -0.05) is 35.3 Å². The molecule has 2 aromatic carbocycles. The Labute approximate surface area is 142 Å². The van der Waals surface area contributed by atoms with Crippen molar-refractivity contribution in [1.29, 1.82) is 0 Å². The van der Waals surface area contributed by atoms with Crippen molar-refractivity contribution in [3.63, 3.8) is 0 Å². The average Bonchev–Trinajstić information content (AvgIpc) is 2.56. The standard InChI is InChI=1S/C17H11Cl2NO3/c1-22-12-4-2-10-3-5-13(9-11(10)8-12)23-17(21)16-14(18)6-7-15(19)20-16/h2-9H,1H3. The first-order valence-corrected chi connectivity index (χ1v) is 7.44. The summed E-state index contributed by atoms with van der Waals surface area (Å²) in [6, 6.07) is 13.9. The fourth-order valence-corrected chi connectivity index (χ4v) is 2.44. The Morgan fingerprint density at radius 1 is 0.957 bits per heavy atom. The molecule has 1 heterocycles. The summed E-state index contributed by atoms with van der Waals surface area (Å²) in [5.74, 6) is 0.439. The number of nitrogens with zero attached hydrogens (tertiary/aromatic N) is 1. The first kappa shape index (κ1) is 15.6. The number of pyridine rings is 1. The van der Waals surface area contributed by atoms with Gasteiger partial charge in [-0.3, -0.25) is 0 Å². The molecule has 0 bridgehead atoms. The fourth-order valence-electron chi connectivity index (χ4n) is 2.11. The lowest BCUT2D eigenvalue weighted by atomic mass is 10.1. The highest BCUT2D eigenvalue weighted by Gasteiger charge is 2.15. The van der Waals surface area contributed by atoms with Gasteiger partial charge in [0.1, 0.15) is 16.7 Å². The predicted octanol–water partition coefficient (Wildman–Crippen LogP) is 4.77. The van der Waals surface area contributed by atoms with E-state index in [0.717, 1.165) is 16.5 Å². The molecule has 0 N–H and O–H groups in total. The van der Waals surface area contributed by atoms with E-state index in [1.165, 1.54) is 12.1 Å². The maximum atomic E-state index is 12.2. The third kappa shape index (κ3) is 3.38. The Hall–Kier alpha value is -2.30. The third-order valence-electron chi connectivity index (χ3n) is 3.23. The smallest absolute Gasteiger partial charge is 0.363 e. The summed E-state index contributed by atoms with van der Waals surface area (Å²) in [5.41, 5.74) is -0.0232. The largest absolute Gasteiger partial charge is 0.497 e. The second kappa shape index (κ2) is 6.44. The molecule has 3 aromatic rings. The second-order valence-corrected chi connectivity index (χ2v) is 5.52. The number of ether oxygens (including phenoxy) is 2. The molecule has 1 aromatic heterocycles. The highest BCUT2D eigenvalue weighted by Crippen LogP contribution is 2.26. The number of rotatable bonds is 3. The fraction of sp³-hybridized carbons (Fsp3) is 0.0588. The van der Waals surface area contributed by atoms with Crippen LogP contribution in [0.25, 0.3) is 10.8 Å². The van der Waals surface area contributed by atoms with Crippen molar-refractivity contribution < 1.29 is 14.3 Å².